The van der Waals surface area contributed by atoms with Crippen LogP contribution in [0.1, 0.15) is 5.56 Å². The van der Waals surface area contributed by atoms with Gasteiger partial charge in [-0.1, -0.05) is 42.0 Å². The summed E-state index contributed by atoms with van der Waals surface area (Å²) in [6.07, 6.45) is 1.77. The van der Waals surface area contributed by atoms with Crippen LogP contribution in [0.25, 0.3) is 28.1 Å². The van der Waals surface area contributed by atoms with E-state index in [0.29, 0.717) is 11.5 Å². The molecule has 4 heteroatoms. The van der Waals surface area contributed by atoms with Crippen molar-refractivity contribution in [3.63, 3.8) is 0 Å². The monoisotopic (exact) mass is 275 g/mol. The molecule has 0 unspecified atom stereocenters. The standard InChI is InChI=1S/C17H13N3O/c1-11-6-8-12(9-7-11)16-17(21)20-14-5-3-2-4-13(14)18-10-15(20)19-16/h2-10,18H,1H3. The van der Waals surface area contributed by atoms with Crippen molar-refractivity contribution >= 4 is 11.0 Å². The molecule has 2 aromatic rings. The number of aromatic nitrogens is 3. The van der Waals surface area contributed by atoms with Crippen molar-refractivity contribution < 1.29 is 0 Å². The molecule has 0 amide bonds. The van der Waals surface area contributed by atoms with E-state index in [1.165, 1.54) is 0 Å². The number of rotatable bonds is 1. The van der Waals surface area contributed by atoms with Crippen LogP contribution in [0.4, 0.5) is 0 Å². The van der Waals surface area contributed by atoms with Gasteiger partial charge in [-0.05, 0) is 19.1 Å². The molecule has 4 nitrogen and oxygen atoms in total. The molecular weight excluding hydrogens is 262 g/mol. The molecule has 0 aliphatic carbocycles. The number of nitrogens with zero attached hydrogens (tertiary/aromatic N) is 2. The molecule has 0 bridgehead atoms. The van der Waals surface area contributed by atoms with Gasteiger partial charge >= 0.3 is 0 Å². The first-order valence-electron chi connectivity index (χ1n) is 6.80. The Balaban J connectivity index is 2.06. The third kappa shape index (κ3) is 1.76. The largest absolute Gasteiger partial charge is 0.357 e. The number of nitrogens with one attached hydrogen (secondary N) is 1. The predicted molar refractivity (Wildman–Crippen MR) is 83.0 cm³/mol. The number of aryl methyl sites for hydroxylation is 1. The Labute approximate surface area is 121 Å². The average Bonchev–Trinajstić information content (AvgIpc) is 2.86. The van der Waals surface area contributed by atoms with Crippen molar-refractivity contribution in [3.05, 3.63) is 70.6 Å². The van der Waals surface area contributed by atoms with Crippen molar-refractivity contribution in [2.24, 2.45) is 0 Å². The summed E-state index contributed by atoms with van der Waals surface area (Å²) in [6.45, 7) is 2.02. The molecule has 0 saturated carbocycles. The Kier molecular flexibility index (Phi) is 2.44. The molecule has 0 spiro atoms. The summed E-state index contributed by atoms with van der Waals surface area (Å²) in [5.41, 5.74) is 4.16. The topological polar surface area (TPSA) is 50.7 Å². The summed E-state index contributed by atoms with van der Waals surface area (Å²) in [5, 5.41) is 0. The van der Waals surface area contributed by atoms with Gasteiger partial charge in [0.05, 0.1) is 11.0 Å². The van der Waals surface area contributed by atoms with Crippen LogP contribution in [-0.2, 0) is 0 Å². The van der Waals surface area contributed by atoms with E-state index in [9.17, 15) is 4.79 Å². The van der Waals surface area contributed by atoms with Gasteiger partial charge in [-0.15, -0.1) is 0 Å². The molecule has 0 fully saturated rings. The van der Waals surface area contributed by atoms with Gasteiger partial charge in [0.1, 0.15) is 5.69 Å². The molecule has 0 radical (unpaired) electrons. The number of hydrogen-bond acceptors (Lipinski definition) is 2. The summed E-state index contributed by atoms with van der Waals surface area (Å²) >= 11 is 0. The lowest BCUT2D eigenvalue weighted by Crippen LogP contribution is -2.14. The second-order valence-corrected chi connectivity index (χ2v) is 5.13. The molecular formula is C17H13N3O. The van der Waals surface area contributed by atoms with Gasteiger partial charge in [0, 0.05) is 11.8 Å². The number of aromatic amines is 1. The van der Waals surface area contributed by atoms with Crippen LogP contribution in [0.15, 0.2) is 59.5 Å². The van der Waals surface area contributed by atoms with E-state index in [-0.39, 0.29) is 5.56 Å². The van der Waals surface area contributed by atoms with Crippen molar-refractivity contribution in [1.29, 1.82) is 0 Å². The fourth-order valence-corrected chi connectivity index (χ4v) is 2.58. The van der Waals surface area contributed by atoms with Crippen LogP contribution in [-0.4, -0.2) is 14.5 Å². The minimum Gasteiger partial charge on any atom is -0.357 e. The molecule has 2 aliphatic heterocycles. The number of para-hydroxylation sites is 2. The zero-order valence-electron chi connectivity index (χ0n) is 11.5. The number of imidazole rings is 1. The predicted octanol–water partition coefficient (Wildman–Crippen LogP) is 3.13. The summed E-state index contributed by atoms with van der Waals surface area (Å²) in [6, 6.07) is 15.6. The first-order valence-corrected chi connectivity index (χ1v) is 6.80. The first kappa shape index (κ1) is 11.9. The highest BCUT2D eigenvalue weighted by Crippen LogP contribution is 2.21. The molecule has 0 aromatic heterocycles. The van der Waals surface area contributed by atoms with Gasteiger partial charge in [0.15, 0.2) is 5.82 Å². The fraction of sp³-hybridized carbons (Fsp3) is 0.0588. The zero-order chi connectivity index (χ0) is 14.4. The third-order valence-electron chi connectivity index (χ3n) is 3.69. The lowest BCUT2D eigenvalue weighted by Gasteiger charge is -2.05. The highest BCUT2D eigenvalue weighted by atomic mass is 16.1. The molecule has 21 heavy (non-hydrogen) atoms. The minimum absolute atomic E-state index is 0.0842. The maximum Gasteiger partial charge on any atom is 0.283 e. The van der Waals surface area contributed by atoms with Gasteiger partial charge in [0.2, 0.25) is 0 Å². The zero-order valence-corrected chi connectivity index (χ0v) is 11.5. The van der Waals surface area contributed by atoms with E-state index in [1.54, 1.807) is 10.8 Å². The van der Waals surface area contributed by atoms with E-state index in [2.05, 4.69) is 9.97 Å². The summed E-state index contributed by atoms with van der Waals surface area (Å²) < 4.78 is 1.65. The lowest BCUT2D eigenvalue weighted by molar-refractivity contribution is 1.03. The Morgan fingerprint density at radius 3 is 2.62 bits per heavy atom. The van der Waals surface area contributed by atoms with Crippen molar-refractivity contribution in [2.45, 2.75) is 6.92 Å². The van der Waals surface area contributed by atoms with E-state index < -0.39 is 0 Å². The maximum atomic E-state index is 12.7. The van der Waals surface area contributed by atoms with Gasteiger partial charge in [0.25, 0.3) is 5.56 Å². The van der Waals surface area contributed by atoms with E-state index >= 15 is 0 Å². The van der Waals surface area contributed by atoms with Gasteiger partial charge in [-0.25, -0.2) is 4.98 Å². The molecule has 0 saturated heterocycles. The fourth-order valence-electron chi connectivity index (χ4n) is 2.58. The summed E-state index contributed by atoms with van der Waals surface area (Å²) in [7, 11) is 0. The number of fused-ring (bicyclic) bond motifs is 3. The van der Waals surface area contributed by atoms with Gasteiger partial charge in [-0.3, -0.25) is 9.36 Å². The van der Waals surface area contributed by atoms with E-state index in [4.69, 9.17) is 0 Å². The maximum absolute atomic E-state index is 12.7. The van der Waals surface area contributed by atoms with Crippen LogP contribution in [0.3, 0.4) is 0 Å². The van der Waals surface area contributed by atoms with Gasteiger partial charge in [-0.2, -0.15) is 0 Å². The Bertz CT molecular complexity index is 963. The summed E-state index contributed by atoms with van der Waals surface area (Å²) in [5.74, 6) is 0.634. The Morgan fingerprint density at radius 2 is 1.81 bits per heavy atom. The normalized spacial score (nSPS) is 11.3. The smallest absolute Gasteiger partial charge is 0.283 e. The van der Waals surface area contributed by atoms with Crippen molar-refractivity contribution in [2.75, 3.05) is 0 Å². The molecule has 1 N–H and O–H groups in total. The summed E-state index contributed by atoms with van der Waals surface area (Å²) in [4.78, 5) is 20.4. The van der Waals surface area contributed by atoms with E-state index in [1.807, 2.05) is 55.5 Å². The number of hydrogen-bond donors (Lipinski definition) is 1. The third-order valence-corrected chi connectivity index (χ3v) is 3.69. The lowest BCUT2D eigenvalue weighted by atomic mass is 10.1. The first-order chi connectivity index (χ1) is 10.2. The SMILES string of the molecule is Cc1ccc(-c2nc3c[nH]c4ccccc4n-3c2=O)cc1. The highest BCUT2D eigenvalue weighted by molar-refractivity contribution is 5.78. The van der Waals surface area contributed by atoms with Crippen LogP contribution < -0.4 is 5.56 Å². The molecule has 102 valence electrons. The van der Waals surface area contributed by atoms with E-state index in [0.717, 1.165) is 22.2 Å². The molecule has 2 aromatic carbocycles. The molecule has 2 aliphatic rings. The van der Waals surface area contributed by atoms with Gasteiger partial charge < -0.3 is 4.98 Å². The molecule has 4 rings (SSSR count). The highest BCUT2D eigenvalue weighted by Gasteiger charge is 2.17. The minimum atomic E-state index is -0.0842. The second-order valence-electron chi connectivity index (χ2n) is 5.13. The quantitative estimate of drug-likeness (QED) is 0.580. The second kappa shape index (κ2) is 4.31. The van der Waals surface area contributed by atoms with Crippen LogP contribution in [0.5, 0.6) is 0 Å². The Hall–Kier alpha value is -2.88. The average molecular weight is 275 g/mol. The van der Waals surface area contributed by atoms with Crippen molar-refractivity contribution in [1.82, 2.24) is 14.5 Å². The number of H-pyrrole nitrogens is 1. The number of benzene rings is 2. The van der Waals surface area contributed by atoms with Crippen molar-refractivity contribution in [3.8, 4) is 17.1 Å². The molecule has 0 atom stereocenters. The molecule has 2 heterocycles. The van der Waals surface area contributed by atoms with Crippen LogP contribution >= 0.6 is 0 Å². The van der Waals surface area contributed by atoms with Crippen LogP contribution in [0, 0.1) is 6.92 Å². The Morgan fingerprint density at radius 1 is 1.05 bits per heavy atom. The van der Waals surface area contributed by atoms with Crippen LogP contribution in [0.2, 0.25) is 0 Å².